The molecule has 1 aromatic heterocycles. The molecule has 37 heavy (non-hydrogen) atoms. The van der Waals surface area contributed by atoms with Crippen molar-refractivity contribution in [1.29, 1.82) is 0 Å². The summed E-state index contributed by atoms with van der Waals surface area (Å²) < 4.78 is 6.99. The zero-order valence-electron chi connectivity index (χ0n) is 22.3. The maximum absolute atomic E-state index is 13.8. The van der Waals surface area contributed by atoms with Crippen LogP contribution in [-0.2, 0) is 9.53 Å². The molecule has 2 saturated heterocycles. The number of anilines is 1. The van der Waals surface area contributed by atoms with Gasteiger partial charge in [-0.05, 0) is 57.6 Å². The molecular formula is C29H43N5O3. The third kappa shape index (κ3) is 6.01. The molecule has 2 N–H and O–H groups in total. The number of hydrogen-bond acceptors (Lipinski definition) is 7. The maximum atomic E-state index is 13.8. The molecule has 0 spiro atoms. The van der Waals surface area contributed by atoms with E-state index in [9.17, 15) is 9.59 Å². The van der Waals surface area contributed by atoms with Gasteiger partial charge in [-0.15, -0.1) is 0 Å². The Morgan fingerprint density at radius 1 is 0.946 bits per heavy atom. The van der Waals surface area contributed by atoms with Crippen LogP contribution >= 0.6 is 0 Å². The smallest absolute Gasteiger partial charge is 0.319 e. The van der Waals surface area contributed by atoms with Crippen molar-refractivity contribution < 1.29 is 9.53 Å². The van der Waals surface area contributed by atoms with Crippen LogP contribution in [0.15, 0.2) is 29.1 Å². The summed E-state index contributed by atoms with van der Waals surface area (Å²) >= 11 is 0. The van der Waals surface area contributed by atoms with Crippen molar-refractivity contribution in [3.8, 4) is 0 Å². The highest BCUT2D eigenvalue weighted by Gasteiger charge is 2.44. The van der Waals surface area contributed by atoms with Crippen molar-refractivity contribution in [3.05, 3.63) is 34.6 Å². The van der Waals surface area contributed by atoms with E-state index >= 15 is 0 Å². The predicted octanol–water partition coefficient (Wildman–Crippen LogP) is 4.24. The lowest BCUT2D eigenvalue weighted by Crippen LogP contribution is -2.50. The van der Waals surface area contributed by atoms with E-state index in [2.05, 4.69) is 20.5 Å². The third-order valence-corrected chi connectivity index (χ3v) is 8.59. The van der Waals surface area contributed by atoms with Gasteiger partial charge >= 0.3 is 5.97 Å². The lowest BCUT2D eigenvalue weighted by atomic mass is 9.89. The van der Waals surface area contributed by atoms with Gasteiger partial charge in [0.15, 0.2) is 5.82 Å². The van der Waals surface area contributed by atoms with Crippen LogP contribution in [-0.4, -0.2) is 64.8 Å². The van der Waals surface area contributed by atoms with E-state index in [-0.39, 0.29) is 24.1 Å². The minimum absolute atomic E-state index is 0.0344. The SMILES string of the molecule is CCOC(=O)CNCCNc1nc2ccccc2n(C2C[C@H]3CC[C@@H](C2)N3C2CCCCCCC2)c1=O. The number of hydrogen-bond donors (Lipinski definition) is 2. The molecular weight excluding hydrogens is 466 g/mol. The summed E-state index contributed by atoms with van der Waals surface area (Å²) in [4.78, 5) is 32.9. The Kier molecular flexibility index (Phi) is 8.77. The van der Waals surface area contributed by atoms with Gasteiger partial charge in [-0.2, -0.15) is 0 Å². The lowest BCUT2D eigenvalue weighted by Gasteiger charge is -2.45. The van der Waals surface area contributed by atoms with Gasteiger partial charge < -0.3 is 19.9 Å². The molecule has 202 valence electrons. The van der Waals surface area contributed by atoms with E-state index in [1.54, 1.807) is 6.92 Å². The van der Waals surface area contributed by atoms with Crippen LogP contribution in [0.3, 0.4) is 0 Å². The third-order valence-electron chi connectivity index (χ3n) is 8.59. The summed E-state index contributed by atoms with van der Waals surface area (Å²) in [5.41, 5.74) is 1.74. The van der Waals surface area contributed by atoms with E-state index in [0.717, 1.165) is 29.9 Å². The second-order valence-corrected chi connectivity index (χ2v) is 11.0. The van der Waals surface area contributed by atoms with Gasteiger partial charge in [0.2, 0.25) is 0 Å². The highest BCUT2D eigenvalue weighted by atomic mass is 16.5. The van der Waals surface area contributed by atoms with Crippen molar-refractivity contribution in [1.82, 2.24) is 19.8 Å². The van der Waals surface area contributed by atoms with E-state index in [0.29, 0.717) is 37.6 Å². The largest absolute Gasteiger partial charge is 0.465 e. The number of nitrogens with one attached hydrogen (secondary N) is 2. The molecule has 0 radical (unpaired) electrons. The fourth-order valence-electron chi connectivity index (χ4n) is 7.03. The number of carbonyl (C=O) groups excluding carboxylic acids is 1. The number of fused-ring (bicyclic) bond motifs is 3. The molecule has 3 fully saturated rings. The second-order valence-electron chi connectivity index (χ2n) is 11.0. The Bertz CT molecular complexity index is 1100. The van der Waals surface area contributed by atoms with E-state index in [4.69, 9.17) is 4.74 Å². The summed E-state index contributed by atoms with van der Waals surface area (Å²) in [6.07, 6.45) is 14.2. The quantitative estimate of drug-likeness (QED) is 0.386. The molecule has 2 bridgehead atoms. The van der Waals surface area contributed by atoms with Crippen molar-refractivity contribution in [3.63, 3.8) is 0 Å². The summed E-state index contributed by atoms with van der Waals surface area (Å²) in [7, 11) is 0. The predicted molar refractivity (Wildman–Crippen MR) is 147 cm³/mol. The second kappa shape index (κ2) is 12.4. The van der Waals surface area contributed by atoms with Crippen molar-refractivity contribution in [2.24, 2.45) is 0 Å². The number of nitrogens with zero attached hydrogens (tertiary/aromatic N) is 3. The standard InChI is InChI=1S/C29H43N5O3/c1-2-37-27(35)20-30-16-17-31-28-29(36)34(26-13-9-8-12-25(26)32-28)24-18-22-14-15-23(19-24)33(22)21-10-6-4-3-5-7-11-21/h8-9,12-13,21-24,30H,2-7,10-11,14-20H2,1H3,(H,31,32)/t22-,23+,24?. The number of para-hydroxylation sites is 2. The highest BCUT2D eigenvalue weighted by Crippen LogP contribution is 2.44. The minimum Gasteiger partial charge on any atom is -0.465 e. The fraction of sp³-hybridized carbons (Fsp3) is 0.690. The minimum atomic E-state index is -0.269. The van der Waals surface area contributed by atoms with Gasteiger partial charge in [-0.1, -0.05) is 44.2 Å². The number of aromatic nitrogens is 2. The molecule has 3 heterocycles. The lowest BCUT2D eigenvalue weighted by molar-refractivity contribution is -0.141. The summed E-state index contributed by atoms with van der Waals surface area (Å²) in [6.45, 7) is 3.37. The molecule has 2 aromatic rings. The number of ether oxygens (including phenoxy) is 1. The molecule has 1 saturated carbocycles. The summed E-state index contributed by atoms with van der Waals surface area (Å²) in [5, 5.41) is 6.29. The Morgan fingerprint density at radius 2 is 1.65 bits per heavy atom. The van der Waals surface area contributed by atoms with E-state index in [1.165, 1.54) is 57.8 Å². The van der Waals surface area contributed by atoms with Gasteiger partial charge in [-0.3, -0.25) is 14.5 Å². The first-order valence-corrected chi connectivity index (χ1v) is 14.5. The van der Waals surface area contributed by atoms with Crippen LogP contribution < -0.4 is 16.2 Å². The molecule has 1 aliphatic carbocycles. The maximum Gasteiger partial charge on any atom is 0.319 e. The molecule has 2 aliphatic heterocycles. The molecule has 0 amide bonds. The topological polar surface area (TPSA) is 88.5 Å². The Hall–Kier alpha value is -2.45. The molecule has 5 rings (SSSR count). The Morgan fingerprint density at radius 3 is 2.38 bits per heavy atom. The van der Waals surface area contributed by atoms with Gasteiger partial charge in [-0.25, -0.2) is 4.98 Å². The van der Waals surface area contributed by atoms with Crippen LogP contribution in [0.4, 0.5) is 5.82 Å². The Labute approximate surface area is 220 Å². The van der Waals surface area contributed by atoms with Crippen LogP contribution in [0.25, 0.3) is 11.0 Å². The molecule has 1 unspecified atom stereocenters. The monoisotopic (exact) mass is 509 g/mol. The van der Waals surface area contributed by atoms with Crippen molar-refractivity contribution >= 4 is 22.8 Å². The zero-order valence-corrected chi connectivity index (χ0v) is 22.3. The number of carbonyl (C=O) groups is 1. The van der Waals surface area contributed by atoms with Crippen molar-refractivity contribution in [2.75, 3.05) is 31.6 Å². The van der Waals surface area contributed by atoms with Gasteiger partial charge in [0.25, 0.3) is 5.56 Å². The molecule has 8 heteroatoms. The fourth-order valence-corrected chi connectivity index (χ4v) is 7.03. The van der Waals surface area contributed by atoms with Crippen LogP contribution in [0.5, 0.6) is 0 Å². The first-order valence-electron chi connectivity index (χ1n) is 14.5. The summed E-state index contributed by atoms with van der Waals surface area (Å²) in [5.74, 6) is 0.125. The van der Waals surface area contributed by atoms with Crippen LogP contribution in [0.2, 0.25) is 0 Å². The number of rotatable bonds is 9. The van der Waals surface area contributed by atoms with Gasteiger partial charge in [0.05, 0.1) is 24.2 Å². The number of esters is 1. The summed E-state index contributed by atoms with van der Waals surface area (Å²) in [6, 6.07) is 10.1. The van der Waals surface area contributed by atoms with Crippen LogP contribution in [0, 0.1) is 0 Å². The average molecular weight is 510 g/mol. The normalized spacial score (nSPS) is 25.1. The van der Waals surface area contributed by atoms with Crippen molar-refractivity contribution in [2.45, 2.75) is 102 Å². The van der Waals surface area contributed by atoms with Crippen LogP contribution in [0.1, 0.15) is 83.6 Å². The number of benzene rings is 1. The van der Waals surface area contributed by atoms with Gasteiger partial charge in [0, 0.05) is 37.3 Å². The molecule has 3 aliphatic rings. The zero-order chi connectivity index (χ0) is 25.6. The average Bonchev–Trinajstić information content (AvgIpc) is 3.13. The Balaban J connectivity index is 1.31. The van der Waals surface area contributed by atoms with Gasteiger partial charge in [0.1, 0.15) is 0 Å². The first kappa shape index (κ1) is 26.2. The molecule has 3 atom stereocenters. The molecule has 8 nitrogen and oxygen atoms in total. The molecule has 1 aromatic carbocycles. The van der Waals surface area contributed by atoms with E-state index < -0.39 is 0 Å². The van der Waals surface area contributed by atoms with E-state index in [1.807, 2.05) is 28.8 Å². The number of piperidine rings is 1. The highest BCUT2D eigenvalue weighted by molar-refractivity contribution is 5.76. The first-order chi connectivity index (χ1) is 18.2.